The second-order valence-electron chi connectivity index (χ2n) is 7.17. The molecule has 1 saturated heterocycles. The van der Waals surface area contributed by atoms with Crippen LogP contribution in [0.2, 0.25) is 5.02 Å². The van der Waals surface area contributed by atoms with Crippen LogP contribution < -0.4 is 0 Å². The Morgan fingerprint density at radius 1 is 1.00 bits per heavy atom. The smallest absolute Gasteiger partial charge is 0.272 e. The lowest BCUT2D eigenvalue weighted by atomic mass is 10.2. The van der Waals surface area contributed by atoms with E-state index in [-0.39, 0.29) is 11.7 Å². The summed E-state index contributed by atoms with van der Waals surface area (Å²) >= 11 is 5.96. The van der Waals surface area contributed by atoms with E-state index in [0.717, 1.165) is 31.1 Å². The zero-order chi connectivity index (χ0) is 20.2. The number of aromatic nitrogens is 2. The standard InChI is InChI=1S/C22H22ClFN4O/c23-18-4-2-17(3-5-18)15-26-10-1-11-27(13-12-26)22(29)21-14-25-16-28(21)20-8-6-19(24)7-9-20/h2-9,14,16H,1,10-13,15H2. The van der Waals surface area contributed by atoms with Gasteiger partial charge in [0.05, 0.1) is 12.5 Å². The summed E-state index contributed by atoms with van der Waals surface area (Å²) in [5.41, 5.74) is 2.41. The third kappa shape index (κ3) is 4.66. The van der Waals surface area contributed by atoms with Crippen molar-refractivity contribution in [2.45, 2.75) is 13.0 Å². The predicted octanol–water partition coefficient (Wildman–Crippen LogP) is 4.01. The first-order chi connectivity index (χ1) is 14.1. The van der Waals surface area contributed by atoms with Crippen LogP contribution in [0.15, 0.2) is 61.1 Å². The van der Waals surface area contributed by atoms with E-state index in [1.54, 1.807) is 29.2 Å². The average molecular weight is 413 g/mol. The molecule has 0 aliphatic carbocycles. The van der Waals surface area contributed by atoms with Crippen LogP contribution in [0.5, 0.6) is 0 Å². The van der Waals surface area contributed by atoms with Crippen molar-refractivity contribution in [1.82, 2.24) is 19.4 Å². The summed E-state index contributed by atoms with van der Waals surface area (Å²) < 4.78 is 14.9. The van der Waals surface area contributed by atoms with Crippen LogP contribution in [0, 0.1) is 5.82 Å². The average Bonchev–Trinajstić information content (AvgIpc) is 3.10. The Bertz CT molecular complexity index is 971. The molecular formula is C22H22ClFN4O. The Morgan fingerprint density at radius 3 is 2.52 bits per heavy atom. The largest absolute Gasteiger partial charge is 0.336 e. The van der Waals surface area contributed by atoms with Crippen molar-refractivity contribution in [3.63, 3.8) is 0 Å². The van der Waals surface area contributed by atoms with Gasteiger partial charge in [-0.3, -0.25) is 14.3 Å². The summed E-state index contributed by atoms with van der Waals surface area (Å²) in [5.74, 6) is -0.366. The number of hydrogen-bond donors (Lipinski definition) is 0. The number of benzene rings is 2. The van der Waals surface area contributed by atoms with Crippen molar-refractivity contribution in [2.24, 2.45) is 0 Å². The fourth-order valence-electron chi connectivity index (χ4n) is 3.60. The molecular weight excluding hydrogens is 391 g/mol. The van der Waals surface area contributed by atoms with E-state index >= 15 is 0 Å². The zero-order valence-corrected chi connectivity index (χ0v) is 16.7. The number of hydrogen-bond acceptors (Lipinski definition) is 3. The van der Waals surface area contributed by atoms with E-state index < -0.39 is 0 Å². The number of carbonyl (C=O) groups is 1. The van der Waals surface area contributed by atoms with Gasteiger partial charge in [-0.05, 0) is 48.4 Å². The molecule has 1 amide bonds. The van der Waals surface area contributed by atoms with Crippen LogP contribution in [-0.2, 0) is 6.54 Å². The number of rotatable bonds is 4. The van der Waals surface area contributed by atoms with Crippen LogP contribution in [0.3, 0.4) is 0 Å². The minimum Gasteiger partial charge on any atom is -0.336 e. The van der Waals surface area contributed by atoms with E-state index in [4.69, 9.17) is 11.6 Å². The van der Waals surface area contributed by atoms with Crippen molar-refractivity contribution < 1.29 is 9.18 Å². The molecule has 1 aliphatic rings. The van der Waals surface area contributed by atoms with Gasteiger partial charge in [-0.15, -0.1) is 0 Å². The maximum absolute atomic E-state index is 13.2. The summed E-state index contributed by atoms with van der Waals surface area (Å²) in [5, 5.41) is 0.735. The van der Waals surface area contributed by atoms with Crippen molar-refractivity contribution in [3.05, 3.63) is 83.2 Å². The molecule has 1 aromatic heterocycles. The van der Waals surface area contributed by atoms with Gasteiger partial charge in [-0.2, -0.15) is 0 Å². The van der Waals surface area contributed by atoms with Gasteiger partial charge in [0.2, 0.25) is 0 Å². The molecule has 5 nitrogen and oxygen atoms in total. The van der Waals surface area contributed by atoms with Crippen LogP contribution in [0.25, 0.3) is 5.69 Å². The lowest BCUT2D eigenvalue weighted by Crippen LogP contribution is -2.36. The lowest BCUT2D eigenvalue weighted by Gasteiger charge is -2.22. The second-order valence-corrected chi connectivity index (χ2v) is 7.61. The van der Waals surface area contributed by atoms with Gasteiger partial charge in [0.25, 0.3) is 5.91 Å². The van der Waals surface area contributed by atoms with Gasteiger partial charge in [0, 0.05) is 43.4 Å². The fourth-order valence-corrected chi connectivity index (χ4v) is 3.73. The zero-order valence-electron chi connectivity index (χ0n) is 16.0. The number of halogens is 2. The van der Waals surface area contributed by atoms with E-state index in [9.17, 15) is 9.18 Å². The van der Waals surface area contributed by atoms with Crippen LogP contribution in [0.4, 0.5) is 4.39 Å². The van der Waals surface area contributed by atoms with Gasteiger partial charge in [0.15, 0.2) is 0 Å². The van der Waals surface area contributed by atoms with Gasteiger partial charge in [-0.25, -0.2) is 9.37 Å². The Labute approximate surface area is 174 Å². The molecule has 29 heavy (non-hydrogen) atoms. The number of amides is 1. The van der Waals surface area contributed by atoms with Crippen molar-refractivity contribution in [2.75, 3.05) is 26.2 Å². The third-order valence-electron chi connectivity index (χ3n) is 5.16. The summed E-state index contributed by atoms with van der Waals surface area (Å²) in [6.45, 7) is 3.93. The second kappa shape index (κ2) is 8.76. The Balaban J connectivity index is 1.43. The summed E-state index contributed by atoms with van der Waals surface area (Å²) in [6, 6.07) is 13.9. The van der Waals surface area contributed by atoms with Gasteiger partial charge in [0.1, 0.15) is 11.5 Å². The third-order valence-corrected chi connectivity index (χ3v) is 5.41. The fraction of sp³-hybridized carbons (Fsp3) is 0.273. The molecule has 150 valence electrons. The van der Waals surface area contributed by atoms with Crippen LogP contribution in [0.1, 0.15) is 22.5 Å². The van der Waals surface area contributed by atoms with Crippen LogP contribution >= 0.6 is 11.6 Å². The molecule has 2 heterocycles. The first-order valence-electron chi connectivity index (χ1n) is 9.64. The monoisotopic (exact) mass is 412 g/mol. The summed E-state index contributed by atoms with van der Waals surface area (Å²) in [4.78, 5) is 21.5. The minimum absolute atomic E-state index is 0.0554. The highest BCUT2D eigenvalue weighted by atomic mass is 35.5. The van der Waals surface area contributed by atoms with Gasteiger partial charge >= 0.3 is 0 Å². The van der Waals surface area contributed by atoms with E-state index in [2.05, 4.69) is 9.88 Å². The van der Waals surface area contributed by atoms with E-state index in [1.165, 1.54) is 17.7 Å². The van der Waals surface area contributed by atoms with E-state index in [1.807, 2.05) is 29.2 Å². The molecule has 7 heteroatoms. The molecule has 4 rings (SSSR count). The maximum atomic E-state index is 13.2. The molecule has 1 aliphatic heterocycles. The van der Waals surface area contributed by atoms with Gasteiger partial charge in [-0.1, -0.05) is 23.7 Å². The molecule has 0 N–H and O–H groups in total. The first-order valence-corrected chi connectivity index (χ1v) is 10.0. The van der Waals surface area contributed by atoms with Crippen molar-refractivity contribution in [3.8, 4) is 5.69 Å². The molecule has 3 aromatic rings. The molecule has 2 aromatic carbocycles. The molecule has 0 unspecified atom stereocenters. The molecule has 0 atom stereocenters. The number of imidazole rings is 1. The highest BCUT2D eigenvalue weighted by molar-refractivity contribution is 6.30. The lowest BCUT2D eigenvalue weighted by molar-refractivity contribution is 0.0753. The maximum Gasteiger partial charge on any atom is 0.272 e. The summed E-state index contributed by atoms with van der Waals surface area (Å²) in [6.07, 6.45) is 4.07. The molecule has 0 radical (unpaired) electrons. The Morgan fingerprint density at radius 2 is 1.76 bits per heavy atom. The highest BCUT2D eigenvalue weighted by Gasteiger charge is 2.23. The minimum atomic E-state index is -0.310. The molecule has 0 spiro atoms. The van der Waals surface area contributed by atoms with Crippen LogP contribution in [-0.4, -0.2) is 51.4 Å². The predicted molar refractivity (Wildman–Crippen MR) is 111 cm³/mol. The molecule has 0 saturated carbocycles. The SMILES string of the molecule is O=C(c1cncn1-c1ccc(F)cc1)N1CCCN(Cc2ccc(Cl)cc2)CC1. The van der Waals surface area contributed by atoms with Gasteiger partial charge < -0.3 is 4.90 Å². The highest BCUT2D eigenvalue weighted by Crippen LogP contribution is 2.17. The number of carbonyl (C=O) groups excluding carboxylic acids is 1. The van der Waals surface area contributed by atoms with Crippen molar-refractivity contribution >= 4 is 17.5 Å². The Hall–Kier alpha value is -2.70. The quantitative estimate of drug-likeness (QED) is 0.650. The Kier molecular flexibility index (Phi) is 5.92. The van der Waals surface area contributed by atoms with Crippen molar-refractivity contribution in [1.29, 1.82) is 0 Å². The van der Waals surface area contributed by atoms with E-state index in [0.29, 0.717) is 24.5 Å². The topological polar surface area (TPSA) is 41.4 Å². The summed E-state index contributed by atoms with van der Waals surface area (Å²) in [7, 11) is 0. The first kappa shape index (κ1) is 19.6. The molecule has 1 fully saturated rings. The normalized spacial score (nSPS) is 15.3. The number of nitrogens with zero attached hydrogens (tertiary/aromatic N) is 4. The molecule has 0 bridgehead atoms.